The predicted octanol–water partition coefficient (Wildman–Crippen LogP) is 3.23. The molecule has 21 heavy (non-hydrogen) atoms. The molecule has 0 atom stereocenters. The fourth-order valence-corrected chi connectivity index (χ4v) is 4.60. The van der Waals surface area contributed by atoms with Crippen LogP contribution < -0.4 is 9.46 Å². The van der Waals surface area contributed by atoms with Gasteiger partial charge in [0.05, 0.1) is 21.5 Å². The van der Waals surface area contributed by atoms with Gasteiger partial charge < -0.3 is 4.74 Å². The average Bonchev–Trinajstić information content (AvgIpc) is 2.85. The third-order valence-electron chi connectivity index (χ3n) is 2.44. The number of nitro groups is 1. The van der Waals surface area contributed by atoms with Crippen LogP contribution in [0, 0.1) is 10.1 Å². The number of rotatable bonds is 5. The number of hydrogen-bond donors (Lipinski definition) is 1. The largest absolute Gasteiger partial charge is 0.490 e. The van der Waals surface area contributed by atoms with Gasteiger partial charge in [0.1, 0.15) is 4.21 Å². The van der Waals surface area contributed by atoms with Gasteiger partial charge in [-0.05, 0) is 40.2 Å². The van der Waals surface area contributed by atoms with E-state index in [0.29, 0.717) is 3.79 Å². The third kappa shape index (κ3) is 3.52. The minimum atomic E-state index is -3.78. The Labute approximate surface area is 132 Å². The van der Waals surface area contributed by atoms with Gasteiger partial charge in [-0.1, -0.05) is 0 Å². The van der Waals surface area contributed by atoms with E-state index < -0.39 is 14.9 Å². The van der Waals surface area contributed by atoms with Crippen molar-refractivity contribution in [3.05, 3.63) is 44.2 Å². The summed E-state index contributed by atoms with van der Waals surface area (Å²) in [5.41, 5.74) is -0.225. The molecule has 0 aliphatic rings. The number of sulfonamides is 1. The fraction of sp³-hybridized carbons (Fsp3) is 0.0909. The van der Waals surface area contributed by atoms with E-state index in [2.05, 4.69) is 20.7 Å². The summed E-state index contributed by atoms with van der Waals surface area (Å²) in [6.45, 7) is 0. The second-order valence-corrected chi connectivity index (χ2v) is 8.18. The van der Waals surface area contributed by atoms with Gasteiger partial charge in [-0.15, -0.1) is 11.3 Å². The molecule has 0 amide bonds. The normalized spacial score (nSPS) is 11.1. The van der Waals surface area contributed by atoms with Gasteiger partial charge in [-0.3, -0.25) is 14.8 Å². The summed E-state index contributed by atoms with van der Waals surface area (Å²) in [5, 5.41) is 10.9. The molecule has 7 nitrogen and oxygen atoms in total. The van der Waals surface area contributed by atoms with Crippen molar-refractivity contribution in [3.8, 4) is 5.75 Å². The standard InChI is InChI=1S/C11H9BrN2O5S2/c1-19-9-3-2-7(6-8(9)14(15)16)13-21(17,18)11-5-4-10(12)20-11/h2-6,13H,1H3. The van der Waals surface area contributed by atoms with Crippen molar-refractivity contribution in [2.45, 2.75) is 4.21 Å². The van der Waals surface area contributed by atoms with Crippen molar-refractivity contribution in [1.82, 2.24) is 0 Å². The molecule has 1 heterocycles. The molecule has 0 saturated carbocycles. The van der Waals surface area contributed by atoms with Gasteiger partial charge in [0.15, 0.2) is 5.75 Å². The van der Waals surface area contributed by atoms with Crippen molar-refractivity contribution in [3.63, 3.8) is 0 Å². The Balaban J connectivity index is 2.36. The summed E-state index contributed by atoms with van der Waals surface area (Å²) in [5.74, 6) is 0.0572. The molecule has 0 unspecified atom stereocenters. The summed E-state index contributed by atoms with van der Waals surface area (Å²) in [6.07, 6.45) is 0. The molecule has 1 aromatic heterocycles. The van der Waals surface area contributed by atoms with Crippen molar-refractivity contribution in [2.75, 3.05) is 11.8 Å². The average molecular weight is 393 g/mol. The van der Waals surface area contributed by atoms with Crippen LogP contribution in [0.4, 0.5) is 11.4 Å². The van der Waals surface area contributed by atoms with Crippen LogP contribution in [0.5, 0.6) is 5.75 Å². The Morgan fingerprint density at radius 3 is 2.57 bits per heavy atom. The van der Waals surface area contributed by atoms with Gasteiger partial charge in [-0.2, -0.15) is 0 Å². The number of halogens is 1. The Hall–Kier alpha value is -1.65. The van der Waals surface area contributed by atoms with Crippen LogP contribution in [0.25, 0.3) is 0 Å². The van der Waals surface area contributed by atoms with Crippen LogP contribution in [0.1, 0.15) is 0 Å². The SMILES string of the molecule is COc1ccc(NS(=O)(=O)c2ccc(Br)s2)cc1[N+](=O)[O-]. The molecule has 2 rings (SSSR count). The lowest BCUT2D eigenvalue weighted by molar-refractivity contribution is -0.385. The molecule has 1 N–H and O–H groups in total. The van der Waals surface area contributed by atoms with Crippen LogP contribution in [0.3, 0.4) is 0 Å². The van der Waals surface area contributed by atoms with E-state index in [1.165, 1.54) is 25.3 Å². The van der Waals surface area contributed by atoms with E-state index in [4.69, 9.17) is 4.74 Å². The number of anilines is 1. The van der Waals surface area contributed by atoms with Crippen LogP contribution in [0.15, 0.2) is 38.3 Å². The monoisotopic (exact) mass is 392 g/mol. The van der Waals surface area contributed by atoms with Crippen LogP contribution in [0.2, 0.25) is 0 Å². The van der Waals surface area contributed by atoms with Gasteiger partial charge in [0.2, 0.25) is 0 Å². The summed E-state index contributed by atoms with van der Waals surface area (Å²) in [6, 6.07) is 6.89. The zero-order valence-electron chi connectivity index (χ0n) is 10.6. The maximum absolute atomic E-state index is 12.1. The van der Waals surface area contributed by atoms with E-state index in [1.807, 2.05) is 0 Å². The smallest absolute Gasteiger partial charge is 0.312 e. The first-order chi connectivity index (χ1) is 9.83. The Morgan fingerprint density at radius 1 is 1.33 bits per heavy atom. The van der Waals surface area contributed by atoms with Crippen molar-refractivity contribution in [1.29, 1.82) is 0 Å². The van der Waals surface area contributed by atoms with Crippen molar-refractivity contribution < 1.29 is 18.1 Å². The van der Waals surface area contributed by atoms with E-state index in [0.717, 1.165) is 17.4 Å². The highest BCUT2D eigenvalue weighted by Gasteiger charge is 2.20. The summed E-state index contributed by atoms with van der Waals surface area (Å²) in [4.78, 5) is 10.3. The zero-order valence-corrected chi connectivity index (χ0v) is 13.8. The van der Waals surface area contributed by atoms with Gasteiger partial charge in [0.25, 0.3) is 10.0 Å². The lowest BCUT2D eigenvalue weighted by Crippen LogP contribution is -2.11. The molecule has 0 bridgehead atoms. The highest BCUT2D eigenvalue weighted by molar-refractivity contribution is 9.11. The topological polar surface area (TPSA) is 98.5 Å². The fourth-order valence-electron chi connectivity index (χ4n) is 1.54. The summed E-state index contributed by atoms with van der Waals surface area (Å²) in [7, 11) is -2.48. The second kappa shape index (κ2) is 6.00. The first-order valence-electron chi connectivity index (χ1n) is 5.44. The maximum Gasteiger partial charge on any atom is 0.312 e. The molecule has 112 valence electrons. The van der Waals surface area contributed by atoms with E-state index in [1.54, 1.807) is 6.07 Å². The predicted molar refractivity (Wildman–Crippen MR) is 82.5 cm³/mol. The highest BCUT2D eigenvalue weighted by atomic mass is 79.9. The first kappa shape index (κ1) is 15.7. The quantitative estimate of drug-likeness (QED) is 0.621. The summed E-state index contributed by atoms with van der Waals surface area (Å²) >= 11 is 4.22. The molecular formula is C11H9BrN2O5S2. The maximum atomic E-state index is 12.1. The van der Waals surface area contributed by atoms with Crippen LogP contribution in [-0.4, -0.2) is 20.5 Å². The number of thiophene rings is 1. The molecule has 0 radical (unpaired) electrons. The molecule has 0 spiro atoms. The van der Waals surface area contributed by atoms with Gasteiger partial charge in [-0.25, -0.2) is 8.42 Å². The molecule has 2 aromatic rings. The van der Waals surface area contributed by atoms with Crippen molar-refractivity contribution in [2.24, 2.45) is 0 Å². The Kier molecular flexibility index (Phi) is 4.49. The number of nitro benzene ring substituents is 1. The Bertz CT molecular complexity index is 788. The molecule has 10 heteroatoms. The molecule has 0 aliphatic heterocycles. The minimum Gasteiger partial charge on any atom is -0.490 e. The second-order valence-electron chi connectivity index (χ2n) is 3.81. The highest BCUT2D eigenvalue weighted by Crippen LogP contribution is 2.32. The van der Waals surface area contributed by atoms with Crippen LogP contribution in [-0.2, 0) is 10.0 Å². The third-order valence-corrected chi connectivity index (χ3v) is 5.94. The number of nitrogens with one attached hydrogen (secondary N) is 1. The van der Waals surface area contributed by atoms with E-state index in [9.17, 15) is 18.5 Å². The number of hydrogen-bond acceptors (Lipinski definition) is 6. The van der Waals surface area contributed by atoms with Gasteiger partial charge in [0, 0.05) is 6.07 Å². The molecular weight excluding hydrogens is 384 g/mol. The molecule has 0 fully saturated rings. The van der Waals surface area contributed by atoms with Crippen LogP contribution >= 0.6 is 27.3 Å². The number of nitrogens with zero attached hydrogens (tertiary/aromatic N) is 1. The number of benzene rings is 1. The number of ether oxygens (including phenoxy) is 1. The molecule has 0 aliphatic carbocycles. The van der Waals surface area contributed by atoms with E-state index in [-0.39, 0.29) is 21.3 Å². The molecule has 1 aromatic carbocycles. The summed E-state index contributed by atoms with van der Waals surface area (Å²) < 4.78 is 32.2. The van der Waals surface area contributed by atoms with Gasteiger partial charge >= 0.3 is 5.69 Å². The van der Waals surface area contributed by atoms with Crippen molar-refractivity contribution >= 4 is 48.7 Å². The van der Waals surface area contributed by atoms with E-state index >= 15 is 0 Å². The zero-order chi connectivity index (χ0) is 15.6. The number of methoxy groups -OCH3 is 1. The molecule has 0 saturated heterocycles. The lowest BCUT2D eigenvalue weighted by Gasteiger charge is -2.07. The lowest BCUT2D eigenvalue weighted by atomic mass is 10.2. The minimum absolute atomic E-state index is 0.0572. The first-order valence-corrected chi connectivity index (χ1v) is 8.53. The Morgan fingerprint density at radius 2 is 2.05 bits per heavy atom.